The lowest BCUT2D eigenvalue weighted by atomic mass is 10.1. The summed E-state index contributed by atoms with van der Waals surface area (Å²) in [5.74, 6) is 0.00305. The number of rotatable bonds is 8. The first kappa shape index (κ1) is 23.5. The molecule has 176 valence electrons. The Morgan fingerprint density at radius 3 is 2.27 bits per heavy atom. The van der Waals surface area contributed by atoms with E-state index in [1.54, 1.807) is 31.4 Å². The second-order valence-electron chi connectivity index (χ2n) is 8.46. The van der Waals surface area contributed by atoms with Gasteiger partial charge < -0.3 is 9.64 Å². The number of hydrogen-bond acceptors (Lipinski definition) is 5. The maximum Gasteiger partial charge on any atom is 0.261 e. The first-order chi connectivity index (χ1) is 15.9. The maximum atomic E-state index is 14.8. The van der Waals surface area contributed by atoms with E-state index in [1.807, 2.05) is 6.07 Å². The Balaban J connectivity index is 1.29. The molecule has 33 heavy (non-hydrogen) atoms. The average Bonchev–Trinajstić information content (AvgIpc) is 3.07. The van der Waals surface area contributed by atoms with Crippen LogP contribution in [-0.4, -0.2) is 74.2 Å². The van der Waals surface area contributed by atoms with Gasteiger partial charge in [-0.3, -0.25) is 19.4 Å². The van der Waals surface area contributed by atoms with Crippen LogP contribution in [0.1, 0.15) is 39.6 Å². The molecule has 1 fully saturated rings. The van der Waals surface area contributed by atoms with Crippen molar-refractivity contribution in [1.29, 1.82) is 0 Å². The highest BCUT2D eigenvalue weighted by Crippen LogP contribution is 2.37. The highest BCUT2D eigenvalue weighted by atomic mass is 35.5. The summed E-state index contributed by atoms with van der Waals surface area (Å²) in [4.78, 5) is 30.4. The van der Waals surface area contributed by atoms with Crippen LogP contribution < -0.4 is 9.64 Å². The Bertz CT molecular complexity index is 1000. The number of methoxy groups -OCH3 is 1. The Labute approximate surface area is 198 Å². The van der Waals surface area contributed by atoms with E-state index in [4.69, 9.17) is 16.3 Å². The van der Waals surface area contributed by atoms with E-state index in [9.17, 15) is 14.0 Å². The molecule has 2 amide bonds. The number of benzene rings is 2. The minimum atomic E-state index is -1.12. The number of amides is 2. The highest BCUT2D eigenvalue weighted by molar-refractivity contribution is 6.32. The molecule has 4 rings (SSSR count). The predicted molar refractivity (Wildman–Crippen MR) is 127 cm³/mol. The van der Waals surface area contributed by atoms with Crippen LogP contribution in [0.25, 0.3) is 0 Å². The van der Waals surface area contributed by atoms with Crippen LogP contribution in [0.5, 0.6) is 5.75 Å². The third-order valence-corrected chi connectivity index (χ3v) is 6.69. The molecule has 0 bridgehead atoms. The molecule has 1 unspecified atom stereocenters. The summed E-state index contributed by atoms with van der Waals surface area (Å²) in [5, 5.41) is 0.603. The lowest BCUT2D eigenvalue weighted by Gasteiger charge is -2.37. The summed E-state index contributed by atoms with van der Waals surface area (Å²) >= 11 is 6.41. The van der Waals surface area contributed by atoms with Gasteiger partial charge in [0.2, 0.25) is 0 Å². The molecular formula is C25H29ClFN3O3. The SMILES string of the molecule is CCc1cc(Cl)c(OC)c(N2CCN(CC(F)CCN3C(=O)c4ccccc4C3=O)CC2)c1. The molecule has 2 aromatic carbocycles. The van der Waals surface area contributed by atoms with Gasteiger partial charge in [-0.15, -0.1) is 0 Å². The van der Waals surface area contributed by atoms with Gasteiger partial charge in [0.1, 0.15) is 6.17 Å². The fourth-order valence-corrected chi connectivity index (χ4v) is 4.84. The molecule has 0 aromatic heterocycles. The quantitative estimate of drug-likeness (QED) is 0.541. The van der Waals surface area contributed by atoms with Gasteiger partial charge in [0.05, 0.1) is 28.9 Å². The number of carbonyl (C=O) groups excluding carboxylic acids is 2. The summed E-state index contributed by atoms with van der Waals surface area (Å²) in [6.45, 7) is 5.37. The molecule has 2 aromatic rings. The largest absolute Gasteiger partial charge is 0.493 e. The van der Waals surface area contributed by atoms with Crippen LogP contribution in [0.4, 0.5) is 10.1 Å². The molecule has 0 radical (unpaired) electrons. The molecule has 2 heterocycles. The monoisotopic (exact) mass is 473 g/mol. The average molecular weight is 474 g/mol. The number of ether oxygens (including phenoxy) is 1. The number of carbonyl (C=O) groups is 2. The Morgan fingerprint density at radius 1 is 1.06 bits per heavy atom. The number of hydrogen-bond donors (Lipinski definition) is 0. The van der Waals surface area contributed by atoms with Crippen LogP contribution in [0.15, 0.2) is 36.4 Å². The van der Waals surface area contributed by atoms with Crippen LogP contribution in [-0.2, 0) is 6.42 Å². The van der Waals surface area contributed by atoms with Crippen LogP contribution >= 0.6 is 11.6 Å². The Kier molecular flexibility index (Phi) is 7.20. The molecule has 0 spiro atoms. The van der Waals surface area contributed by atoms with Gasteiger partial charge in [-0.2, -0.15) is 0 Å². The van der Waals surface area contributed by atoms with Gasteiger partial charge in [-0.05, 0) is 42.7 Å². The molecule has 8 heteroatoms. The van der Waals surface area contributed by atoms with Crippen molar-refractivity contribution in [2.45, 2.75) is 25.9 Å². The zero-order valence-electron chi connectivity index (χ0n) is 19.0. The summed E-state index contributed by atoms with van der Waals surface area (Å²) in [6.07, 6.45) is -0.102. The third kappa shape index (κ3) is 4.84. The summed E-state index contributed by atoms with van der Waals surface area (Å²) in [5.41, 5.74) is 2.92. The van der Waals surface area contributed by atoms with Gasteiger partial charge in [-0.1, -0.05) is 30.7 Å². The Morgan fingerprint density at radius 2 is 1.70 bits per heavy atom. The molecule has 2 aliphatic heterocycles. The van der Waals surface area contributed by atoms with E-state index >= 15 is 0 Å². The highest BCUT2D eigenvalue weighted by Gasteiger charge is 2.35. The van der Waals surface area contributed by atoms with E-state index in [2.05, 4.69) is 22.8 Å². The van der Waals surface area contributed by atoms with E-state index < -0.39 is 6.17 Å². The van der Waals surface area contributed by atoms with E-state index in [1.165, 1.54) is 0 Å². The fraction of sp³-hybridized carbons (Fsp3) is 0.440. The molecule has 2 aliphatic rings. The number of aryl methyl sites for hydroxylation is 1. The maximum absolute atomic E-state index is 14.8. The lowest BCUT2D eigenvalue weighted by Crippen LogP contribution is -2.48. The zero-order valence-corrected chi connectivity index (χ0v) is 19.8. The van der Waals surface area contributed by atoms with Gasteiger partial charge in [0.15, 0.2) is 5.75 Å². The van der Waals surface area contributed by atoms with Crippen molar-refractivity contribution >= 4 is 29.1 Å². The number of alkyl halides is 1. The molecule has 0 saturated carbocycles. The molecular weight excluding hydrogens is 445 g/mol. The fourth-order valence-electron chi connectivity index (χ4n) is 4.53. The summed E-state index contributed by atoms with van der Waals surface area (Å²) in [7, 11) is 1.62. The van der Waals surface area contributed by atoms with Crippen molar-refractivity contribution in [1.82, 2.24) is 9.80 Å². The molecule has 6 nitrogen and oxygen atoms in total. The second kappa shape index (κ2) is 10.1. The van der Waals surface area contributed by atoms with Crippen molar-refractivity contribution in [3.63, 3.8) is 0 Å². The molecule has 1 saturated heterocycles. The first-order valence-corrected chi connectivity index (χ1v) is 11.7. The lowest BCUT2D eigenvalue weighted by molar-refractivity contribution is 0.0635. The molecule has 0 N–H and O–H groups in total. The number of nitrogens with zero attached hydrogens (tertiary/aromatic N) is 3. The number of imide groups is 1. The minimum Gasteiger partial charge on any atom is -0.493 e. The van der Waals surface area contributed by atoms with Gasteiger partial charge in [-0.25, -0.2) is 4.39 Å². The van der Waals surface area contributed by atoms with Gasteiger partial charge >= 0.3 is 0 Å². The number of fused-ring (bicyclic) bond motifs is 1. The van der Waals surface area contributed by atoms with Crippen molar-refractivity contribution in [2.75, 3.05) is 51.3 Å². The standard InChI is InChI=1S/C25H29ClFN3O3/c1-3-17-14-21(26)23(33-2)22(15-17)29-12-10-28(11-13-29)16-18(27)8-9-30-24(31)19-6-4-5-7-20(19)25(30)32/h4-7,14-15,18H,3,8-13,16H2,1-2H3. The summed E-state index contributed by atoms with van der Waals surface area (Å²) in [6, 6.07) is 10.8. The normalized spacial score (nSPS) is 17.5. The second-order valence-corrected chi connectivity index (χ2v) is 8.87. The topological polar surface area (TPSA) is 53.1 Å². The van der Waals surface area contributed by atoms with Crippen LogP contribution in [0, 0.1) is 0 Å². The number of anilines is 1. The van der Waals surface area contributed by atoms with E-state index in [-0.39, 0.29) is 31.3 Å². The summed E-state index contributed by atoms with van der Waals surface area (Å²) < 4.78 is 20.3. The molecule has 1 atom stereocenters. The molecule has 0 aliphatic carbocycles. The zero-order chi connectivity index (χ0) is 23.5. The number of halogens is 2. The predicted octanol–water partition coefficient (Wildman–Crippen LogP) is 4.06. The first-order valence-electron chi connectivity index (χ1n) is 11.4. The Hall–Kier alpha value is -2.64. The van der Waals surface area contributed by atoms with E-state index in [0.29, 0.717) is 35.0 Å². The van der Waals surface area contributed by atoms with Crippen LogP contribution in [0.2, 0.25) is 5.02 Å². The van der Waals surface area contributed by atoms with Crippen molar-refractivity contribution in [2.24, 2.45) is 0 Å². The van der Waals surface area contributed by atoms with Crippen LogP contribution in [0.3, 0.4) is 0 Å². The smallest absolute Gasteiger partial charge is 0.261 e. The number of piperazine rings is 1. The van der Waals surface area contributed by atoms with Crippen molar-refractivity contribution in [3.05, 3.63) is 58.1 Å². The van der Waals surface area contributed by atoms with Gasteiger partial charge in [0, 0.05) is 39.3 Å². The van der Waals surface area contributed by atoms with Gasteiger partial charge in [0.25, 0.3) is 11.8 Å². The third-order valence-electron chi connectivity index (χ3n) is 6.41. The van der Waals surface area contributed by atoms with E-state index in [0.717, 1.165) is 35.7 Å². The minimum absolute atomic E-state index is 0.0903. The van der Waals surface area contributed by atoms with Crippen molar-refractivity contribution in [3.8, 4) is 5.75 Å². The van der Waals surface area contributed by atoms with Crippen molar-refractivity contribution < 1.29 is 18.7 Å².